The van der Waals surface area contributed by atoms with Crippen LogP contribution in [0.25, 0.3) is 6.08 Å². The molecule has 0 aliphatic heterocycles. The molecular weight excluding hydrogens is 346 g/mol. The van der Waals surface area contributed by atoms with Crippen molar-refractivity contribution in [3.63, 3.8) is 0 Å². The predicted octanol–water partition coefficient (Wildman–Crippen LogP) is 2.43. The number of methoxy groups -OCH3 is 1. The molecule has 1 aromatic rings. The summed E-state index contributed by atoms with van der Waals surface area (Å²) in [5.74, 6) is -1.14. The van der Waals surface area contributed by atoms with Gasteiger partial charge in [0.05, 0.1) is 12.6 Å². The number of carbonyl (C=O) groups is 2. The molecule has 0 aromatic carbocycles. The Hall–Kier alpha value is -2.59. The van der Waals surface area contributed by atoms with E-state index in [4.69, 9.17) is 9.47 Å². The number of aromatic nitrogens is 1. The standard InChI is InChI=1S/C20H27N3O4/c1-12-8-16(14(3)23(12)13(2)11-26-5)9-17(10-21)20(25)27-15(4)19(24)22-18-6-7-18/h8-9,13,15,18H,6-7,11H2,1-5H3,(H,22,24)/b17-9+/t13-,15+/m0/s1. The van der Waals surface area contributed by atoms with E-state index in [1.807, 2.05) is 32.9 Å². The van der Waals surface area contributed by atoms with Crippen LogP contribution in [0.4, 0.5) is 0 Å². The largest absolute Gasteiger partial charge is 0.448 e. The third-order valence-electron chi connectivity index (χ3n) is 4.59. The number of nitrogens with zero attached hydrogens (tertiary/aromatic N) is 2. The molecule has 1 amide bonds. The summed E-state index contributed by atoms with van der Waals surface area (Å²) in [6.45, 7) is 7.99. The van der Waals surface area contributed by atoms with Crippen LogP contribution in [0, 0.1) is 25.2 Å². The zero-order chi connectivity index (χ0) is 20.1. The minimum Gasteiger partial charge on any atom is -0.448 e. The van der Waals surface area contributed by atoms with Crippen molar-refractivity contribution in [2.75, 3.05) is 13.7 Å². The SMILES string of the molecule is COC[C@H](C)n1c(C)cc(/C=C(\C#N)C(=O)O[C@H](C)C(=O)NC2CC2)c1C. The summed E-state index contributed by atoms with van der Waals surface area (Å²) >= 11 is 0. The van der Waals surface area contributed by atoms with E-state index in [0.717, 1.165) is 29.8 Å². The number of esters is 1. The fraction of sp³-hybridized carbons (Fsp3) is 0.550. The number of carbonyl (C=O) groups excluding carboxylic acids is 2. The van der Waals surface area contributed by atoms with Gasteiger partial charge in [-0.2, -0.15) is 5.26 Å². The Labute approximate surface area is 159 Å². The Kier molecular flexibility index (Phi) is 6.81. The second kappa shape index (κ2) is 8.87. The number of amides is 1. The van der Waals surface area contributed by atoms with Gasteiger partial charge in [-0.1, -0.05) is 0 Å². The molecule has 0 spiro atoms. The van der Waals surface area contributed by atoms with Crippen LogP contribution >= 0.6 is 0 Å². The Balaban J connectivity index is 2.15. The lowest BCUT2D eigenvalue weighted by atomic mass is 10.1. The van der Waals surface area contributed by atoms with E-state index in [2.05, 4.69) is 9.88 Å². The summed E-state index contributed by atoms with van der Waals surface area (Å²) in [7, 11) is 1.65. The van der Waals surface area contributed by atoms with Gasteiger partial charge in [-0.05, 0) is 58.2 Å². The van der Waals surface area contributed by atoms with Gasteiger partial charge in [-0.3, -0.25) is 4.79 Å². The first kappa shape index (κ1) is 20.7. The lowest BCUT2D eigenvalue weighted by Gasteiger charge is -2.17. The van der Waals surface area contributed by atoms with Crippen LogP contribution in [0.5, 0.6) is 0 Å². The van der Waals surface area contributed by atoms with Crippen molar-refractivity contribution < 1.29 is 19.1 Å². The fourth-order valence-corrected chi connectivity index (χ4v) is 3.06. The van der Waals surface area contributed by atoms with Crippen molar-refractivity contribution >= 4 is 18.0 Å². The van der Waals surface area contributed by atoms with Crippen molar-refractivity contribution in [3.05, 3.63) is 28.6 Å². The Morgan fingerprint density at radius 1 is 1.41 bits per heavy atom. The number of hydrogen-bond acceptors (Lipinski definition) is 5. The van der Waals surface area contributed by atoms with Crippen LogP contribution in [0.1, 0.15) is 49.7 Å². The van der Waals surface area contributed by atoms with Crippen LogP contribution in [0.15, 0.2) is 11.6 Å². The maximum Gasteiger partial charge on any atom is 0.349 e. The summed E-state index contributed by atoms with van der Waals surface area (Å²) < 4.78 is 12.5. The van der Waals surface area contributed by atoms with Gasteiger partial charge >= 0.3 is 5.97 Å². The average Bonchev–Trinajstić information content (AvgIpc) is 3.37. The average molecular weight is 373 g/mol. The van der Waals surface area contributed by atoms with E-state index in [0.29, 0.717) is 6.61 Å². The molecule has 0 bridgehead atoms. The monoisotopic (exact) mass is 373 g/mol. The molecule has 1 aliphatic rings. The van der Waals surface area contributed by atoms with Crippen LogP contribution in [-0.4, -0.2) is 42.3 Å². The van der Waals surface area contributed by atoms with Gasteiger partial charge in [-0.25, -0.2) is 4.79 Å². The second-order valence-corrected chi connectivity index (χ2v) is 7.00. The molecule has 146 valence electrons. The summed E-state index contributed by atoms with van der Waals surface area (Å²) in [6.07, 6.45) is 2.47. The summed E-state index contributed by atoms with van der Waals surface area (Å²) in [5.41, 5.74) is 2.56. The van der Waals surface area contributed by atoms with Crippen molar-refractivity contribution in [2.24, 2.45) is 0 Å². The predicted molar refractivity (Wildman–Crippen MR) is 101 cm³/mol. The molecule has 27 heavy (non-hydrogen) atoms. The molecular formula is C20H27N3O4. The maximum atomic E-state index is 12.3. The van der Waals surface area contributed by atoms with Gasteiger partial charge in [0.15, 0.2) is 6.10 Å². The van der Waals surface area contributed by atoms with Crippen molar-refractivity contribution in [1.82, 2.24) is 9.88 Å². The van der Waals surface area contributed by atoms with E-state index >= 15 is 0 Å². The number of nitriles is 1. The number of hydrogen-bond donors (Lipinski definition) is 1. The van der Waals surface area contributed by atoms with Gasteiger partial charge in [0.2, 0.25) is 0 Å². The molecule has 7 heteroatoms. The summed E-state index contributed by atoms with van der Waals surface area (Å²) in [6, 6.07) is 4.10. The highest BCUT2D eigenvalue weighted by atomic mass is 16.5. The zero-order valence-corrected chi connectivity index (χ0v) is 16.5. The van der Waals surface area contributed by atoms with Gasteiger partial charge in [0, 0.05) is 24.5 Å². The first-order valence-corrected chi connectivity index (χ1v) is 9.09. The molecule has 2 atom stereocenters. The maximum absolute atomic E-state index is 12.3. The third-order valence-corrected chi connectivity index (χ3v) is 4.59. The lowest BCUT2D eigenvalue weighted by Crippen LogP contribution is -2.37. The minimum atomic E-state index is -0.941. The molecule has 1 saturated carbocycles. The third kappa shape index (κ3) is 5.20. The zero-order valence-electron chi connectivity index (χ0n) is 16.5. The van der Waals surface area contributed by atoms with E-state index in [1.54, 1.807) is 7.11 Å². The van der Waals surface area contributed by atoms with Gasteiger partial charge < -0.3 is 19.4 Å². The number of rotatable bonds is 8. The normalized spacial score (nSPS) is 16.4. The second-order valence-electron chi connectivity index (χ2n) is 7.00. The van der Waals surface area contributed by atoms with Crippen molar-refractivity contribution in [2.45, 2.75) is 58.7 Å². The Bertz CT molecular complexity index is 784. The number of ether oxygens (including phenoxy) is 2. The van der Waals surface area contributed by atoms with Crippen molar-refractivity contribution in [1.29, 1.82) is 5.26 Å². The van der Waals surface area contributed by atoms with E-state index in [9.17, 15) is 14.9 Å². The van der Waals surface area contributed by atoms with E-state index in [-0.39, 0.29) is 23.6 Å². The van der Waals surface area contributed by atoms with Crippen LogP contribution in [-0.2, 0) is 19.1 Å². The van der Waals surface area contributed by atoms with E-state index in [1.165, 1.54) is 13.0 Å². The Morgan fingerprint density at radius 3 is 2.63 bits per heavy atom. The molecule has 1 fully saturated rings. The van der Waals surface area contributed by atoms with Gasteiger partial charge in [0.1, 0.15) is 11.6 Å². The molecule has 1 aliphatic carbocycles. The highest BCUT2D eigenvalue weighted by molar-refractivity contribution is 5.99. The molecule has 2 rings (SSSR count). The fourth-order valence-electron chi connectivity index (χ4n) is 3.06. The van der Waals surface area contributed by atoms with Crippen molar-refractivity contribution in [3.8, 4) is 6.07 Å². The van der Waals surface area contributed by atoms with E-state index < -0.39 is 12.1 Å². The molecule has 1 N–H and O–H groups in total. The summed E-state index contributed by atoms with van der Waals surface area (Å²) in [4.78, 5) is 24.2. The molecule has 7 nitrogen and oxygen atoms in total. The molecule has 0 saturated heterocycles. The molecule has 0 unspecified atom stereocenters. The number of aryl methyl sites for hydroxylation is 1. The van der Waals surface area contributed by atoms with Crippen LogP contribution in [0.3, 0.4) is 0 Å². The molecule has 1 heterocycles. The Morgan fingerprint density at radius 2 is 2.07 bits per heavy atom. The van der Waals surface area contributed by atoms with Crippen LogP contribution in [0.2, 0.25) is 0 Å². The summed E-state index contributed by atoms with van der Waals surface area (Å²) in [5, 5.41) is 12.2. The highest BCUT2D eigenvalue weighted by Gasteiger charge is 2.28. The van der Waals surface area contributed by atoms with Gasteiger partial charge in [0.25, 0.3) is 5.91 Å². The quantitative estimate of drug-likeness (QED) is 0.429. The number of nitrogens with one attached hydrogen (secondary N) is 1. The molecule has 1 aromatic heterocycles. The first-order chi connectivity index (χ1) is 12.8. The minimum absolute atomic E-state index is 0.126. The first-order valence-electron chi connectivity index (χ1n) is 9.09. The van der Waals surface area contributed by atoms with Gasteiger partial charge in [-0.15, -0.1) is 0 Å². The lowest BCUT2D eigenvalue weighted by molar-refractivity contribution is -0.150. The van der Waals surface area contributed by atoms with Crippen LogP contribution < -0.4 is 5.32 Å². The highest BCUT2D eigenvalue weighted by Crippen LogP contribution is 2.23. The topological polar surface area (TPSA) is 93.3 Å². The smallest absolute Gasteiger partial charge is 0.349 e. The molecule has 0 radical (unpaired) electrons.